The number of aliphatic hydroxyl groups excluding tert-OH is 8. The van der Waals surface area contributed by atoms with Crippen LogP contribution in [0.4, 0.5) is 0 Å². The maximum Gasteiger partial charge on any atom is 0.220 e. The summed E-state index contributed by atoms with van der Waals surface area (Å²) in [4.78, 5) is 13.4. The van der Waals surface area contributed by atoms with E-state index in [-0.39, 0.29) is 12.5 Å². The van der Waals surface area contributed by atoms with E-state index in [0.29, 0.717) is 12.8 Å². The molecule has 2 rings (SSSR count). The van der Waals surface area contributed by atoms with Crippen molar-refractivity contribution in [3.05, 3.63) is 0 Å². The molecule has 14 heteroatoms. The Labute approximate surface area is 546 Å². The second-order valence-electron chi connectivity index (χ2n) is 27.9. The summed E-state index contributed by atoms with van der Waals surface area (Å²) >= 11 is 0. The maximum absolute atomic E-state index is 13.4. The molecule has 2 heterocycles. The molecule has 2 saturated heterocycles. The molecule has 0 aromatic heterocycles. The van der Waals surface area contributed by atoms with Gasteiger partial charge in [0.05, 0.1) is 32.0 Å². The molecule has 0 aliphatic carbocycles. The number of rotatable bonds is 66. The third kappa shape index (κ3) is 44.4. The highest BCUT2D eigenvalue weighted by Crippen LogP contribution is 2.30. The molecule has 2 aliphatic heterocycles. The number of carbonyl (C=O) groups is 1. The molecule has 1 amide bonds. The number of unbranched alkanes of at least 4 members (excludes halogenated alkanes) is 53. The summed E-state index contributed by atoms with van der Waals surface area (Å²) in [5.74, 6) is -0.197. The van der Waals surface area contributed by atoms with E-state index in [1.54, 1.807) is 0 Å². The van der Waals surface area contributed by atoms with Crippen molar-refractivity contribution in [3.63, 3.8) is 0 Å². The average molecular weight is 1270 g/mol. The Kier molecular flexibility index (Phi) is 57.3. The summed E-state index contributed by atoms with van der Waals surface area (Å²) in [6.45, 7) is 2.93. The van der Waals surface area contributed by atoms with Crippen LogP contribution < -0.4 is 5.32 Å². The van der Waals surface area contributed by atoms with Gasteiger partial charge in [-0.3, -0.25) is 4.79 Å². The zero-order valence-corrected chi connectivity index (χ0v) is 58.0. The molecule has 2 fully saturated rings. The Morgan fingerprint density at radius 1 is 0.360 bits per heavy atom. The van der Waals surface area contributed by atoms with Gasteiger partial charge >= 0.3 is 0 Å². The van der Waals surface area contributed by atoms with Gasteiger partial charge < -0.3 is 65.1 Å². The van der Waals surface area contributed by atoms with E-state index in [9.17, 15) is 45.6 Å². The average Bonchev–Trinajstić information content (AvgIpc) is 2.55. The molecule has 0 bridgehead atoms. The van der Waals surface area contributed by atoms with Crippen molar-refractivity contribution in [2.24, 2.45) is 0 Å². The number of hydrogen-bond acceptors (Lipinski definition) is 13. The third-order valence-corrected chi connectivity index (χ3v) is 19.6. The number of hydrogen-bond donors (Lipinski definition) is 9. The molecule has 12 atom stereocenters. The van der Waals surface area contributed by atoms with Gasteiger partial charge in [0.15, 0.2) is 12.6 Å². The van der Waals surface area contributed by atoms with E-state index in [1.807, 2.05) is 0 Å². The summed E-state index contributed by atoms with van der Waals surface area (Å²) in [6, 6.07) is -0.824. The number of nitrogens with one attached hydrogen (secondary N) is 1. The summed E-state index contributed by atoms with van der Waals surface area (Å²) < 4.78 is 22.9. The minimum Gasteiger partial charge on any atom is -0.394 e. The number of ether oxygens (including phenoxy) is 4. The van der Waals surface area contributed by atoms with Crippen LogP contribution in [0, 0.1) is 0 Å². The highest BCUT2D eigenvalue weighted by Gasteiger charge is 2.51. The van der Waals surface area contributed by atoms with Gasteiger partial charge in [0.25, 0.3) is 0 Å². The predicted molar refractivity (Wildman–Crippen MR) is 365 cm³/mol. The molecule has 0 aromatic carbocycles. The lowest BCUT2D eigenvalue weighted by Crippen LogP contribution is -2.65. The molecular weight excluding hydrogens is 1120 g/mol. The molecule has 2 aliphatic rings. The van der Waals surface area contributed by atoms with Gasteiger partial charge in [-0.25, -0.2) is 0 Å². The fraction of sp³-hybridized carbons (Fsp3) is 0.987. The first kappa shape index (κ1) is 84.1. The molecule has 0 aromatic rings. The molecule has 9 N–H and O–H groups in total. The van der Waals surface area contributed by atoms with Crippen LogP contribution in [0.1, 0.15) is 380 Å². The van der Waals surface area contributed by atoms with Crippen molar-refractivity contribution in [2.45, 2.75) is 453 Å². The molecule has 14 nitrogen and oxygen atoms in total. The smallest absolute Gasteiger partial charge is 0.220 e. The van der Waals surface area contributed by atoms with Crippen LogP contribution in [0.25, 0.3) is 0 Å². The van der Waals surface area contributed by atoms with E-state index >= 15 is 0 Å². The quantitative estimate of drug-likeness (QED) is 0.0259. The second-order valence-corrected chi connectivity index (χ2v) is 27.9. The molecule has 0 saturated carbocycles. The van der Waals surface area contributed by atoms with Gasteiger partial charge in [0, 0.05) is 6.42 Å². The van der Waals surface area contributed by atoms with Gasteiger partial charge in [-0.1, -0.05) is 361 Å². The van der Waals surface area contributed by atoms with Gasteiger partial charge in [-0.15, -0.1) is 0 Å². The van der Waals surface area contributed by atoms with Crippen LogP contribution >= 0.6 is 0 Å². The zero-order chi connectivity index (χ0) is 64.5. The first-order chi connectivity index (χ1) is 43.6. The lowest BCUT2D eigenvalue weighted by Gasteiger charge is -2.46. The molecular formula is C75H147NO13. The fourth-order valence-electron chi connectivity index (χ4n) is 13.4. The van der Waals surface area contributed by atoms with Gasteiger partial charge in [0.1, 0.15) is 48.8 Å². The summed E-state index contributed by atoms with van der Waals surface area (Å²) in [6.07, 6.45) is 57.4. The monoisotopic (exact) mass is 1270 g/mol. The van der Waals surface area contributed by atoms with Crippen LogP contribution in [0.2, 0.25) is 0 Å². The standard InChI is InChI=1S/C75H147NO13/c1-3-5-7-9-11-13-15-17-19-21-22-23-24-25-26-27-28-29-30-31-32-33-34-35-36-37-38-39-40-41-42-43-45-47-49-51-53-55-57-59-67(80)76-63(64(79)58-56-54-52-50-48-46-44-20-18-16-14-12-10-8-6-4-2)62-86-74-72(85)70(83)73(66(61-78)88-74)89-75-71(84)69(82)68(81)65(60-77)87-75/h63-66,68-75,77-79,81-85H,3-62H2,1-2H3,(H,76,80). The van der Waals surface area contributed by atoms with Crippen molar-refractivity contribution in [2.75, 3.05) is 19.8 Å². The minimum atomic E-state index is -1.78. The second kappa shape index (κ2) is 60.6. The molecule has 89 heavy (non-hydrogen) atoms. The molecule has 530 valence electrons. The van der Waals surface area contributed by atoms with E-state index in [1.165, 1.54) is 302 Å². The summed E-state index contributed by atoms with van der Waals surface area (Å²) in [5, 5.41) is 87.6. The number of aliphatic hydroxyl groups is 8. The number of carbonyl (C=O) groups excluding carboxylic acids is 1. The van der Waals surface area contributed by atoms with Crippen LogP contribution in [0.3, 0.4) is 0 Å². The Hall–Kier alpha value is -1.01. The van der Waals surface area contributed by atoms with E-state index < -0.39 is 86.8 Å². The zero-order valence-electron chi connectivity index (χ0n) is 58.0. The van der Waals surface area contributed by atoms with E-state index in [0.717, 1.165) is 51.4 Å². The SMILES string of the molecule is CCCCCCCCCCCCCCCCCCCCCCCCCCCCCCCCCCCCCCCCCC(=O)NC(COC1OC(CO)C(OC2OC(CO)C(O)C(O)C2O)C(O)C1O)C(O)CCCCCCCCCCCCCCCCCC. The van der Waals surface area contributed by atoms with E-state index in [4.69, 9.17) is 18.9 Å². The van der Waals surface area contributed by atoms with Crippen molar-refractivity contribution in [1.82, 2.24) is 5.32 Å². The Bertz CT molecular complexity index is 1500. The van der Waals surface area contributed by atoms with Crippen molar-refractivity contribution in [3.8, 4) is 0 Å². The normalized spacial score (nSPS) is 22.9. The third-order valence-electron chi connectivity index (χ3n) is 19.6. The van der Waals surface area contributed by atoms with Crippen molar-refractivity contribution >= 4 is 5.91 Å². The fourth-order valence-corrected chi connectivity index (χ4v) is 13.4. The highest BCUT2D eigenvalue weighted by atomic mass is 16.7. The van der Waals surface area contributed by atoms with Crippen LogP contribution in [0.5, 0.6) is 0 Å². The van der Waals surface area contributed by atoms with E-state index in [2.05, 4.69) is 19.2 Å². The largest absolute Gasteiger partial charge is 0.394 e. The van der Waals surface area contributed by atoms with Gasteiger partial charge in [-0.2, -0.15) is 0 Å². The topological polar surface area (TPSA) is 228 Å². The Morgan fingerprint density at radius 3 is 0.955 bits per heavy atom. The maximum atomic E-state index is 13.4. The number of amides is 1. The van der Waals surface area contributed by atoms with Gasteiger partial charge in [0.2, 0.25) is 5.91 Å². The van der Waals surface area contributed by atoms with Crippen LogP contribution in [0.15, 0.2) is 0 Å². The summed E-state index contributed by atoms with van der Waals surface area (Å²) in [5.41, 5.74) is 0. The predicted octanol–water partition coefficient (Wildman–Crippen LogP) is 16.7. The highest BCUT2D eigenvalue weighted by molar-refractivity contribution is 5.76. The Balaban J connectivity index is 1.53. The minimum absolute atomic E-state index is 0.197. The Morgan fingerprint density at radius 2 is 0.640 bits per heavy atom. The first-order valence-corrected chi connectivity index (χ1v) is 38.8. The molecule has 0 radical (unpaired) electrons. The molecule has 0 spiro atoms. The van der Waals surface area contributed by atoms with Crippen molar-refractivity contribution < 1.29 is 64.6 Å². The molecule has 12 unspecified atom stereocenters. The van der Waals surface area contributed by atoms with Crippen LogP contribution in [-0.2, 0) is 23.7 Å². The lowest BCUT2D eigenvalue weighted by molar-refractivity contribution is -0.359. The van der Waals surface area contributed by atoms with Crippen LogP contribution in [-0.4, -0.2) is 140 Å². The lowest BCUT2D eigenvalue weighted by atomic mass is 9.97. The first-order valence-electron chi connectivity index (χ1n) is 38.8. The van der Waals surface area contributed by atoms with Crippen molar-refractivity contribution in [1.29, 1.82) is 0 Å². The summed E-state index contributed by atoms with van der Waals surface area (Å²) in [7, 11) is 0. The van der Waals surface area contributed by atoms with Gasteiger partial charge in [-0.05, 0) is 12.8 Å².